The van der Waals surface area contributed by atoms with Gasteiger partial charge in [-0.3, -0.25) is 14.5 Å². The van der Waals surface area contributed by atoms with E-state index in [-0.39, 0.29) is 24.0 Å². The van der Waals surface area contributed by atoms with Crippen molar-refractivity contribution in [3.05, 3.63) is 21.3 Å². The molecule has 0 unspecified atom stereocenters. The number of thiophene rings is 1. The fourth-order valence-electron chi connectivity index (χ4n) is 2.21. The van der Waals surface area contributed by atoms with Crippen LogP contribution in [-0.2, 0) is 9.53 Å². The molecule has 1 N–H and O–H groups in total. The number of nitrogens with one attached hydrogen (secondary N) is 1. The maximum absolute atomic E-state index is 12.0. The van der Waals surface area contributed by atoms with Crippen molar-refractivity contribution in [2.45, 2.75) is 18.5 Å². The number of ether oxygens (including phenoxy) is 1. The van der Waals surface area contributed by atoms with E-state index in [2.05, 4.69) is 5.32 Å². The molecule has 1 aromatic heterocycles. The SMILES string of the molecule is COC(=O)[C@@H]1C[C@H](NC(=O)c2ccc(Cl)s2)CN1C. The van der Waals surface area contributed by atoms with E-state index in [9.17, 15) is 9.59 Å². The molecule has 0 aromatic carbocycles. The van der Waals surface area contributed by atoms with Gasteiger partial charge in [-0.05, 0) is 25.6 Å². The molecule has 0 spiro atoms. The van der Waals surface area contributed by atoms with Crippen LogP contribution < -0.4 is 5.32 Å². The van der Waals surface area contributed by atoms with Gasteiger partial charge in [0.25, 0.3) is 5.91 Å². The number of hydrogen-bond donors (Lipinski definition) is 1. The quantitative estimate of drug-likeness (QED) is 0.857. The van der Waals surface area contributed by atoms with Crippen LogP contribution >= 0.6 is 22.9 Å². The first-order valence-electron chi connectivity index (χ1n) is 5.85. The highest BCUT2D eigenvalue weighted by molar-refractivity contribution is 7.17. The molecule has 1 aliphatic rings. The van der Waals surface area contributed by atoms with Crippen LogP contribution in [0, 0.1) is 0 Å². The Labute approximate surface area is 120 Å². The zero-order chi connectivity index (χ0) is 14.0. The fourth-order valence-corrected chi connectivity index (χ4v) is 3.15. The lowest BCUT2D eigenvalue weighted by Gasteiger charge is -2.15. The van der Waals surface area contributed by atoms with Crippen LogP contribution in [0.2, 0.25) is 4.34 Å². The van der Waals surface area contributed by atoms with Gasteiger partial charge >= 0.3 is 5.97 Å². The molecule has 0 bridgehead atoms. The minimum Gasteiger partial charge on any atom is -0.468 e. The largest absolute Gasteiger partial charge is 0.468 e. The van der Waals surface area contributed by atoms with E-state index in [1.807, 2.05) is 11.9 Å². The minimum absolute atomic E-state index is 0.0533. The average molecular weight is 303 g/mol. The third-order valence-electron chi connectivity index (χ3n) is 3.15. The van der Waals surface area contributed by atoms with Crippen molar-refractivity contribution in [3.63, 3.8) is 0 Å². The number of methoxy groups -OCH3 is 1. The Kier molecular flexibility index (Phi) is 4.44. The van der Waals surface area contributed by atoms with Crippen LogP contribution in [0.3, 0.4) is 0 Å². The highest BCUT2D eigenvalue weighted by atomic mass is 35.5. The number of halogens is 1. The van der Waals surface area contributed by atoms with Gasteiger partial charge in [0.15, 0.2) is 0 Å². The number of esters is 1. The van der Waals surface area contributed by atoms with Crippen LogP contribution in [0.25, 0.3) is 0 Å². The molecule has 1 fully saturated rings. The van der Waals surface area contributed by atoms with E-state index in [0.29, 0.717) is 22.2 Å². The number of carbonyl (C=O) groups is 2. The second-order valence-corrected chi connectivity index (χ2v) is 6.20. The summed E-state index contributed by atoms with van der Waals surface area (Å²) in [5, 5.41) is 2.91. The van der Waals surface area contributed by atoms with Crippen molar-refractivity contribution in [1.29, 1.82) is 0 Å². The molecule has 0 saturated carbocycles. The summed E-state index contributed by atoms with van der Waals surface area (Å²) in [6.07, 6.45) is 0.564. The van der Waals surface area contributed by atoms with Gasteiger partial charge in [0.1, 0.15) is 6.04 Å². The number of amides is 1. The van der Waals surface area contributed by atoms with Crippen LogP contribution in [0.15, 0.2) is 12.1 Å². The average Bonchev–Trinajstić information content (AvgIpc) is 2.95. The summed E-state index contributed by atoms with van der Waals surface area (Å²) in [5.41, 5.74) is 0. The number of hydrogen-bond acceptors (Lipinski definition) is 5. The molecule has 104 valence electrons. The summed E-state index contributed by atoms with van der Waals surface area (Å²) < 4.78 is 5.32. The van der Waals surface area contributed by atoms with Gasteiger partial charge in [0, 0.05) is 12.6 Å². The lowest BCUT2D eigenvalue weighted by Crippen LogP contribution is -2.36. The molecule has 0 aliphatic carbocycles. The van der Waals surface area contributed by atoms with E-state index in [1.54, 1.807) is 12.1 Å². The molecular formula is C12H15ClN2O3S. The van der Waals surface area contributed by atoms with Crippen molar-refractivity contribution >= 4 is 34.8 Å². The third-order valence-corrected chi connectivity index (χ3v) is 4.38. The lowest BCUT2D eigenvalue weighted by molar-refractivity contribution is -0.145. The van der Waals surface area contributed by atoms with E-state index < -0.39 is 0 Å². The molecule has 1 aliphatic heterocycles. The molecule has 2 rings (SSSR count). The minimum atomic E-state index is -0.290. The predicted molar refractivity (Wildman–Crippen MR) is 73.6 cm³/mol. The standard InChI is InChI=1S/C12H15ClN2O3S/c1-15-6-7(5-8(15)12(17)18-2)14-11(16)9-3-4-10(13)19-9/h3-4,7-8H,5-6H2,1-2H3,(H,14,16)/t7-,8-/m0/s1. The molecule has 1 saturated heterocycles. The first-order chi connectivity index (χ1) is 9.01. The zero-order valence-electron chi connectivity index (χ0n) is 10.7. The van der Waals surface area contributed by atoms with Gasteiger partial charge in [-0.1, -0.05) is 11.6 Å². The maximum Gasteiger partial charge on any atom is 0.323 e. The monoisotopic (exact) mass is 302 g/mol. The summed E-state index contributed by atoms with van der Waals surface area (Å²) in [5.74, 6) is -0.417. The molecule has 1 amide bonds. The summed E-state index contributed by atoms with van der Waals surface area (Å²) in [6, 6.07) is 3.04. The summed E-state index contributed by atoms with van der Waals surface area (Å²) >= 11 is 7.04. The van der Waals surface area contributed by atoms with Gasteiger partial charge in [0.2, 0.25) is 0 Å². The van der Waals surface area contributed by atoms with E-state index in [0.717, 1.165) is 0 Å². The van der Waals surface area contributed by atoms with Gasteiger partial charge in [-0.25, -0.2) is 0 Å². The van der Waals surface area contributed by atoms with E-state index >= 15 is 0 Å². The Morgan fingerprint density at radius 2 is 2.26 bits per heavy atom. The summed E-state index contributed by atoms with van der Waals surface area (Å²) in [7, 11) is 3.21. The molecule has 2 heterocycles. The Hall–Kier alpha value is -1.11. The van der Waals surface area contributed by atoms with Crippen LogP contribution in [0.4, 0.5) is 0 Å². The number of likely N-dealkylation sites (tertiary alicyclic amines) is 1. The second kappa shape index (κ2) is 5.90. The highest BCUT2D eigenvalue weighted by Crippen LogP contribution is 2.22. The molecule has 19 heavy (non-hydrogen) atoms. The normalized spacial score (nSPS) is 23.3. The number of likely N-dealkylation sites (N-methyl/N-ethyl adjacent to an activating group) is 1. The Bertz CT molecular complexity index is 491. The van der Waals surface area contributed by atoms with Crippen molar-refractivity contribution < 1.29 is 14.3 Å². The maximum atomic E-state index is 12.0. The Balaban J connectivity index is 1.94. The highest BCUT2D eigenvalue weighted by Gasteiger charge is 2.36. The first-order valence-corrected chi connectivity index (χ1v) is 7.05. The van der Waals surface area contributed by atoms with E-state index in [1.165, 1.54) is 18.4 Å². The number of rotatable bonds is 3. The van der Waals surface area contributed by atoms with Crippen LogP contribution in [-0.4, -0.2) is 49.6 Å². The third kappa shape index (κ3) is 3.26. The molecular weight excluding hydrogens is 288 g/mol. The number of carbonyl (C=O) groups excluding carboxylic acids is 2. The number of nitrogens with zero attached hydrogens (tertiary/aromatic N) is 1. The second-order valence-electron chi connectivity index (χ2n) is 4.49. The fraction of sp³-hybridized carbons (Fsp3) is 0.500. The molecule has 1 aromatic rings. The van der Waals surface area contributed by atoms with Gasteiger partial charge in [-0.2, -0.15) is 0 Å². The summed E-state index contributed by atoms with van der Waals surface area (Å²) in [6.45, 7) is 0.630. The Morgan fingerprint density at radius 3 is 2.84 bits per heavy atom. The Morgan fingerprint density at radius 1 is 1.53 bits per heavy atom. The van der Waals surface area contributed by atoms with Crippen molar-refractivity contribution in [2.24, 2.45) is 0 Å². The van der Waals surface area contributed by atoms with Crippen LogP contribution in [0.1, 0.15) is 16.1 Å². The molecule has 7 heteroatoms. The van der Waals surface area contributed by atoms with Crippen molar-refractivity contribution in [2.75, 3.05) is 20.7 Å². The topological polar surface area (TPSA) is 58.6 Å². The zero-order valence-corrected chi connectivity index (χ0v) is 12.3. The van der Waals surface area contributed by atoms with Gasteiger partial charge in [0.05, 0.1) is 16.3 Å². The van der Waals surface area contributed by atoms with Gasteiger partial charge < -0.3 is 10.1 Å². The van der Waals surface area contributed by atoms with Crippen molar-refractivity contribution in [1.82, 2.24) is 10.2 Å². The molecule has 2 atom stereocenters. The molecule has 5 nitrogen and oxygen atoms in total. The lowest BCUT2D eigenvalue weighted by atomic mass is 10.1. The first kappa shape index (κ1) is 14.3. The smallest absolute Gasteiger partial charge is 0.323 e. The van der Waals surface area contributed by atoms with Crippen molar-refractivity contribution in [3.8, 4) is 0 Å². The molecule has 0 radical (unpaired) electrons. The van der Waals surface area contributed by atoms with Gasteiger partial charge in [-0.15, -0.1) is 11.3 Å². The summed E-state index contributed by atoms with van der Waals surface area (Å²) in [4.78, 5) is 26.0. The van der Waals surface area contributed by atoms with E-state index in [4.69, 9.17) is 16.3 Å². The van der Waals surface area contributed by atoms with Crippen LogP contribution in [0.5, 0.6) is 0 Å². The predicted octanol–water partition coefficient (Wildman–Crippen LogP) is 1.38.